The van der Waals surface area contributed by atoms with Crippen LogP contribution in [0.3, 0.4) is 0 Å². The maximum atomic E-state index is 13.5. The lowest BCUT2D eigenvalue weighted by molar-refractivity contribution is 0.351. The zero-order chi connectivity index (χ0) is 30.2. The minimum absolute atomic E-state index is 0.0406. The summed E-state index contributed by atoms with van der Waals surface area (Å²) >= 11 is 6.76. The van der Waals surface area contributed by atoms with Gasteiger partial charge in [-0.05, 0) is 47.6 Å². The fraction of sp³-hybridized carbons (Fsp3) is 0.323. The molecule has 0 radical (unpaired) electrons. The van der Waals surface area contributed by atoms with Gasteiger partial charge in [-0.2, -0.15) is 5.26 Å². The number of halogens is 2. The molecular formula is C31H32ClFN8O. The van der Waals surface area contributed by atoms with E-state index < -0.39 is 18.8 Å². The molecule has 3 heterocycles. The molecule has 216 valence electrons. The van der Waals surface area contributed by atoms with Crippen molar-refractivity contribution in [3.05, 3.63) is 87.2 Å². The molecule has 0 spiro atoms. The van der Waals surface area contributed by atoms with Crippen molar-refractivity contribution in [2.24, 2.45) is 12.5 Å². The van der Waals surface area contributed by atoms with Crippen molar-refractivity contribution in [1.82, 2.24) is 24.5 Å². The number of hydrogen-bond donors (Lipinski definition) is 2. The van der Waals surface area contributed by atoms with Crippen molar-refractivity contribution >= 4 is 44.7 Å². The van der Waals surface area contributed by atoms with Crippen molar-refractivity contribution in [3.8, 4) is 6.07 Å². The van der Waals surface area contributed by atoms with Gasteiger partial charge in [-0.3, -0.25) is 9.78 Å². The molecule has 42 heavy (non-hydrogen) atoms. The standard InChI is InChI=1S/C31H32ClFN8O/c1-18(13-33)41-16-26(38-39-41)29(22-7-6-8-23-21(22)9-10-40(5)30(23)42)37-20-11-24-27(36-17-31(2,3)4)19(14-34)15-35-28(24)25(32)12-20/h6-12,15-16,18,29,37H,13,17H2,1-5H3,(H,35,36)/t18?,29-/m0/s1. The first kappa shape index (κ1) is 29.0. The SMILES string of the molecule is CC(CF)n1cc([C@@H](Nc2cc(Cl)c3ncc(C#N)c(NCC(C)(C)C)c3c2)c2cccc3c(=O)n(C)ccc23)nn1. The highest BCUT2D eigenvalue weighted by Crippen LogP contribution is 2.37. The number of nitrogens with one attached hydrogen (secondary N) is 2. The Bertz CT molecular complexity index is 1890. The Morgan fingerprint density at radius 1 is 1.17 bits per heavy atom. The number of nitrogens with zero attached hydrogens (tertiary/aromatic N) is 6. The molecule has 0 bridgehead atoms. The molecule has 0 fully saturated rings. The smallest absolute Gasteiger partial charge is 0.258 e. The number of fused-ring (bicyclic) bond motifs is 2. The number of aryl methyl sites for hydroxylation is 1. The van der Waals surface area contributed by atoms with Crippen LogP contribution in [0.4, 0.5) is 15.8 Å². The van der Waals surface area contributed by atoms with E-state index in [0.717, 1.165) is 10.9 Å². The highest BCUT2D eigenvalue weighted by molar-refractivity contribution is 6.35. The van der Waals surface area contributed by atoms with Gasteiger partial charge < -0.3 is 15.2 Å². The summed E-state index contributed by atoms with van der Waals surface area (Å²) in [6.45, 7) is 8.07. The van der Waals surface area contributed by atoms with E-state index in [9.17, 15) is 14.4 Å². The first-order valence-electron chi connectivity index (χ1n) is 13.6. The van der Waals surface area contributed by atoms with Gasteiger partial charge in [-0.25, -0.2) is 9.07 Å². The maximum absolute atomic E-state index is 13.5. The van der Waals surface area contributed by atoms with Gasteiger partial charge in [0.25, 0.3) is 5.56 Å². The molecule has 5 rings (SSSR count). The predicted molar refractivity (Wildman–Crippen MR) is 165 cm³/mol. The summed E-state index contributed by atoms with van der Waals surface area (Å²) in [5.41, 5.74) is 3.42. The van der Waals surface area contributed by atoms with E-state index in [4.69, 9.17) is 11.6 Å². The molecule has 11 heteroatoms. The van der Waals surface area contributed by atoms with Gasteiger partial charge in [-0.15, -0.1) is 5.10 Å². The van der Waals surface area contributed by atoms with E-state index in [2.05, 4.69) is 52.8 Å². The second-order valence-corrected chi connectivity index (χ2v) is 12.1. The molecule has 0 aliphatic carbocycles. The Balaban J connectivity index is 1.68. The molecule has 0 saturated heterocycles. The normalized spacial score (nSPS) is 13.2. The molecule has 0 amide bonds. The van der Waals surface area contributed by atoms with Crippen molar-refractivity contribution in [2.45, 2.75) is 39.8 Å². The molecule has 0 saturated carbocycles. The Labute approximate surface area is 247 Å². The summed E-state index contributed by atoms with van der Waals surface area (Å²) in [6.07, 6.45) is 4.95. The van der Waals surface area contributed by atoms with E-state index in [0.29, 0.717) is 50.5 Å². The van der Waals surface area contributed by atoms with Crippen molar-refractivity contribution < 1.29 is 4.39 Å². The molecule has 2 atom stereocenters. The van der Waals surface area contributed by atoms with Gasteiger partial charge >= 0.3 is 0 Å². The van der Waals surface area contributed by atoms with Crippen LogP contribution in [0.1, 0.15) is 56.6 Å². The van der Waals surface area contributed by atoms with Crippen LogP contribution >= 0.6 is 11.6 Å². The van der Waals surface area contributed by atoms with Crippen molar-refractivity contribution in [1.29, 1.82) is 5.26 Å². The molecule has 2 N–H and O–H groups in total. The third kappa shape index (κ3) is 5.65. The van der Waals surface area contributed by atoms with Gasteiger partial charge in [0.15, 0.2) is 0 Å². The molecule has 2 aromatic carbocycles. The van der Waals surface area contributed by atoms with Crippen molar-refractivity contribution in [3.63, 3.8) is 0 Å². The van der Waals surface area contributed by atoms with Gasteiger partial charge in [-0.1, -0.05) is 49.7 Å². The summed E-state index contributed by atoms with van der Waals surface area (Å²) in [6, 6.07) is 12.3. The molecule has 1 unspecified atom stereocenters. The predicted octanol–water partition coefficient (Wildman–Crippen LogP) is 6.39. The van der Waals surface area contributed by atoms with E-state index in [1.807, 2.05) is 24.3 Å². The number of alkyl halides is 1. The monoisotopic (exact) mass is 586 g/mol. The highest BCUT2D eigenvalue weighted by atomic mass is 35.5. The van der Waals surface area contributed by atoms with E-state index in [1.54, 1.807) is 38.5 Å². The number of anilines is 2. The number of hydrogen-bond acceptors (Lipinski definition) is 7. The van der Waals surface area contributed by atoms with Crippen molar-refractivity contribution in [2.75, 3.05) is 23.9 Å². The molecule has 9 nitrogen and oxygen atoms in total. The molecular weight excluding hydrogens is 555 g/mol. The lowest BCUT2D eigenvalue weighted by Gasteiger charge is -2.23. The highest BCUT2D eigenvalue weighted by Gasteiger charge is 2.23. The first-order valence-corrected chi connectivity index (χ1v) is 14.0. The van der Waals surface area contributed by atoms with E-state index in [-0.39, 0.29) is 11.0 Å². The largest absolute Gasteiger partial charge is 0.383 e. The van der Waals surface area contributed by atoms with Gasteiger partial charge in [0.1, 0.15) is 18.4 Å². The average Bonchev–Trinajstić information content (AvgIpc) is 3.45. The number of rotatable bonds is 8. The second kappa shape index (κ2) is 11.4. The third-order valence-corrected chi connectivity index (χ3v) is 7.41. The lowest BCUT2D eigenvalue weighted by atomic mass is 9.96. The van der Waals surface area contributed by atoms with Crippen LogP contribution in [0.25, 0.3) is 21.7 Å². The zero-order valence-corrected chi connectivity index (χ0v) is 24.9. The fourth-order valence-electron chi connectivity index (χ4n) is 4.81. The summed E-state index contributed by atoms with van der Waals surface area (Å²) < 4.78 is 16.5. The lowest BCUT2D eigenvalue weighted by Crippen LogP contribution is -2.20. The fourth-order valence-corrected chi connectivity index (χ4v) is 5.08. The van der Waals surface area contributed by atoms with Crippen LogP contribution in [0.5, 0.6) is 0 Å². The topological polar surface area (TPSA) is 113 Å². The van der Waals surface area contributed by atoms with Gasteiger partial charge in [0.05, 0.1) is 40.1 Å². The summed E-state index contributed by atoms with van der Waals surface area (Å²) in [4.78, 5) is 17.4. The summed E-state index contributed by atoms with van der Waals surface area (Å²) in [5.74, 6) is 0. The quantitative estimate of drug-likeness (QED) is 0.216. The zero-order valence-electron chi connectivity index (χ0n) is 24.1. The Morgan fingerprint density at radius 3 is 2.67 bits per heavy atom. The molecule has 0 aliphatic heterocycles. The minimum Gasteiger partial charge on any atom is -0.383 e. The van der Waals surface area contributed by atoms with Crippen LogP contribution in [0.2, 0.25) is 5.02 Å². The van der Waals surface area contributed by atoms with Crippen LogP contribution in [0, 0.1) is 16.7 Å². The Hall–Kier alpha value is -4.49. The van der Waals surface area contributed by atoms with E-state index in [1.165, 1.54) is 15.4 Å². The van der Waals surface area contributed by atoms with E-state index >= 15 is 0 Å². The summed E-state index contributed by atoms with van der Waals surface area (Å²) in [5, 5.41) is 27.8. The third-order valence-electron chi connectivity index (χ3n) is 7.12. The first-order chi connectivity index (χ1) is 20.0. The number of aromatic nitrogens is 5. The summed E-state index contributed by atoms with van der Waals surface area (Å²) in [7, 11) is 1.71. The Morgan fingerprint density at radius 2 is 1.95 bits per heavy atom. The average molecular weight is 587 g/mol. The molecule has 3 aromatic heterocycles. The number of nitriles is 1. The van der Waals surface area contributed by atoms with Gasteiger partial charge in [0.2, 0.25) is 0 Å². The van der Waals surface area contributed by atoms with Gasteiger partial charge in [0, 0.05) is 42.4 Å². The molecule has 5 aromatic rings. The molecule has 0 aliphatic rings. The number of pyridine rings is 2. The van der Waals surface area contributed by atoms with Crippen LogP contribution in [-0.2, 0) is 7.05 Å². The van der Waals surface area contributed by atoms with Crippen LogP contribution in [-0.4, -0.2) is 37.8 Å². The Kier molecular flexibility index (Phi) is 7.89. The maximum Gasteiger partial charge on any atom is 0.258 e. The van der Waals surface area contributed by atoms with Crippen LogP contribution in [0.15, 0.2) is 59.8 Å². The van der Waals surface area contributed by atoms with Crippen LogP contribution < -0.4 is 16.2 Å². The minimum atomic E-state index is -0.593. The number of benzene rings is 2. The second-order valence-electron chi connectivity index (χ2n) is 11.7.